The molecular formula is C20H26IN3O2. The summed E-state index contributed by atoms with van der Waals surface area (Å²) in [5.74, 6) is 2.56. The molecule has 2 aromatic carbocycles. The monoisotopic (exact) mass is 467 g/mol. The van der Waals surface area contributed by atoms with E-state index in [1.807, 2.05) is 56.3 Å². The van der Waals surface area contributed by atoms with Crippen LogP contribution >= 0.6 is 24.0 Å². The number of halogens is 1. The number of hydrogen-bond acceptors (Lipinski definition) is 3. The van der Waals surface area contributed by atoms with Crippen LogP contribution in [0.1, 0.15) is 31.7 Å². The first kappa shape index (κ1) is 20.4. The summed E-state index contributed by atoms with van der Waals surface area (Å²) in [5.41, 5.74) is 8.14. The molecular weight excluding hydrogens is 441 g/mol. The summed E-state index contributed by atoms with van der Waals surface area (Å²) in [6.07, 6.45) is 1.11. The van der Waals surface area contributed by atoms with Gasteiger partial charge in [0.05, 0.1) is 12.7 Å². The fourth-order valence-electron chi connectivity index (χ4n) is 2.89. The number of nitrogens with one attached hydrogen (secondary N) is 1. The number of aliphatic imine (C=N–C) groups is 1. The summed E-state index contributed by atoms with van der Waals surface area (Å²) in [5, 5.41) is 3.13. The molecule has 1 heterocycles. The smallest absolute Gasteiger partial charge is 0.193 e. The minimum absolute atomic E-state index is 0. The first-order valence-corrected chi connectivity index (χ1v) is 8.67. The van der Waals surface area contributed by atoms with Gasteiger partial charge in [0.15, 0.2) is 5.96 Å². The van der Waals surface area contributed by atoms with E-state index < -0.39 is 0 Å². The minimum atomic E-state index is 0. The molecule has 1 aliphatic heterocycles. The molecule has 0 spiro atoms. The molecule has 1 atom stereocenters. The van der Waals surface area contributed by atoms with Gasteiger partial charge in [0.1, 0.15) is 11.5 Å². The van der Waals surface area contributed by atoms with E-state index in [-0.39, 0.29) is 30.1 Å². The molecule has 0 aromatic heterocycles. The van der Waals surface area contributed by atoms with E-state index in [1.54, 1.807) is 0 Å². The summed E-state index contributed by atoms with van der Waals surface area (Å²) < 4.78 is 11.3. The molecule has 0 saturated heterocycles. The van der Waals surface area contributed by atoms with E-state index in [4.69, 9.17) is 15.2 Å². The Hall–Kier alpha value is -1.96. The molecule has 6 heteroatoms. The number of para-hydroxylation sites is 1. The van der Waals surface area contributed by atoms with Gasteiger partial charge in [0.2, 0.25) is 0 Å². The summed E-state index contributed by atoms with van der Waals surface area (Å²) in [6, 6.07) is 15.8. The molecule has 0 bridgehead atoms. The largest absolute Gasteiger partial charge is 0.493 e. The number of nitrogens with two attached hydrogens (primary N) is 1. The number of hydrogen-bond donors (Lipinski definition) is 2. The number of ether oxygens (including phenoxy) is 2. The van der Waals surface area contributed by atoms with E-state index in [1.165, 1.54) is 5.56 Å². The summed E-state index contributed by atoms with van der Waals surface area (Å²) in [4.78, 5) is 4.51. The van der Waals surface area contributed by atoms with Crippen LogP contribution in [0.2, 0.25) is 0 Å². The van der Waals surface area contributed by atoms with Crippen molar-refractivity contribution in [3.8, 4) is 11.5 Å². The van der Waals surface area contributed by atoms with E-state index in [0.717, 1.165) is 30.2 Å². The predicted molar refractivity (Wildman–Crippen MR) is 117 cm³/mol. The van der Waals surface area contributed by atoms with Crippen molar-refractivity contribution in [1.82, 2.24) is 0 Å². The zero-order valence-electron chi connectivity index (χ0n) is 15.1. The summed E-state index contributed by atoms with van der Waals surface area (Å²) in [7, 11) is 0. The third-order valence-corrected chi connectivity index (χ3v) is 4.06. The van der Waals surface area contributed by atoms with E-state index in [0.29, 0.717) is 18.4 Å². The topological polar surface area (TPSA) is 68.9 Å². The Kier molecular flexibility index (Phi) is 7.56. The van der Waals surface area contributed by atoms with E-state index in [2.05, 4.69) is 16.4 Å². The Bertz CT molecular complexity index is 732. The van der Waals surface area contributed by atoms with Gasteiger partial charge in [-0.3, -0.25) is 4.99 Å². The normalized spacial score (nSPS) is 16.3. The fraction of sp³-hybridized carbons (Fsp3) is 0.350. The van der Waals surface area contributed by atoms with Gasteiger partial charge in [-0.2, -0.15) is 0 Å². The lowest BCUT2D eigenvalue weighted by Gasteiger charge is -2.24. The van der Waals surface area contributed by atoms with Crippen molar-refractivity contribution in [3.63, 3.8) is 0 Å². The van der Waals surface area contributed by atoms with Crippen molar-refractivity contribution < 1.29 is 9.47 Å². The minimum Gasteiger partial charge on any atom is -0.493 e. The zero-order chi connectivity index (χ0) is 17.6. The fourth-order valence-corrected chi connectivity index (χ4v) is 2.89. The van der Waals surface area contributed by atoms with Crippen molar-refractivity contribution in [2.45, 2.75) is 32.3 Å². The van der Waals surface area contributed by atoms with Crippen LogP contribution in [-0.4, -0.2) is 25.2 Å². The van der Waals surface area contributed by atoms with Gasteiger partial charge >= 0.3 is 0 Å². The molecule has 3 rings (SSSR count). The van der Waals surface area contributed by atoms with Gasteiger partial charge in [0, 0.05) is 18.2 Å². The van der Waals surface area contributed by atoms with Crippen LogP contribution < -0.4 is 20.5 Å². The lowest BCUT2D eigenvalue weighted by atomic mass is 9.93. The molecule has 0 aliphatic carbocycles. The van der Waals surface area contributed by atoms with Gasteiger partial charge in [-0.05, 0) is 56.2 Å². The van der Waals surface area contributed by atoms with E-state index in [9.17, 15) is 0 Å². The SMILES string of the molecule is CC(C)Oc1ccc(NC(N)=NCC2CCOc3ccccc32)cc1.I. The van der Waals surface area contributed by atoms with Crippen LogP contribution in [0.5, 0.6) is 11.5 Å². The van der Waals surface area contributed by atoms with Gasteiger partial charge in [0.25, 0.3) is 0 Å². The Morgan fingerprint density at radius 1 is 1.23 bits per heavy atom. The molecule has 1 unspecified atom stereocenters. The average Bonchev–Trinajstić information content (AvgIpc) is 2.61. The lowest BCUT2D eigenvalue weighted by molar-refractivity contribution is 0.242. The Balaban J connectivity index is 0.00000243. The number of guanidine groups is 1. The second-order valence-electron chi connectivity index (χ2n) is 6.41. The molecule has 0 saturated carbocycles. The Morgan fingerprint density at radius 2 is 1.96 bits per heavy atom. The van der Waals surface area contributed by atoms with Crippen LogP contribution in [0, 0.1) is 0 Å². The highest BCUT2D eigenvalue weighted by atomic mass is 127. The third kappa shape index (κ3) is 5.52. The molecule has 0 radical (unpaired) electrons. The number of rotatable bonds is 5. The summed E-state index contributed by atoms with van der Waals surface area (Å²) >= 11 is 0. The van der Waals surface area contributed by atoms with Crippen molar-refractivity contribution in [3.05, 3.63) is 54.1 Å². The zero-order valence-corrected chi connectivity index (χ0v) is 17.5. The van der Waals surface area contributed by atoms with Gasteiger partial charge in [-0.25, -0.2) is 0 Å². The van der Waals surface area contributed by atoms with Gasteiger partial charge in [-0.15, -0.1) is 24.0 Å². The average molecular weight is 467 g/mol. The highest BCUT2D eigenvalue weighted by molar-refractivity contribution is 14.0. The second-order valence-corrected chi connectivity index (χ2v) is 6.41. The second kappa shape index (κ2) is 9.66. The molecule has 0 fully saturated rings. The van der Waals surface area contributed by atoms with Crippen LogP contribution in [0.15, 0.2) is 53.5 Å². The molecule has 0 amide bonds. The molecule has 2 aromatic rings. The van der Waals surface area contributed by atoms with E-state index >= 15 is 0 Å². The van der Waals surface area contributed by atoms with Crippen LogP contribution in [0.3, 0.4) is 0 Å². The molecule has 1 aliphatic rings. The summed E-state index contributed by atoms with van der Waals surface area (Å²) in [6.45, 7) is 5.38. The third-order valence-electron chi connectivity index (χ3n) is 4.06. The Morgan fingerprint density at radius 3 is 2.69 bits per heavy atom. The molecule has 26 heavy (non-hydrogen) atoms. The highest BCUT2D eigenvalue weighted by Crippen LogP contribution is 2.33. The van der Waals surface area contributed by atoms with Crippen molar-refractivity contribution in [2.24, 2.45) is 10.7 Å². The molecule has 5 nitrogen and oxygen atoms in total. The standard InChI is InChI=1S/C20H25N3O2.HI/c1-14(2)25-17-9-7-16(8-10-17)23-20(21)22-13-15-11-12-24-19-6-4-3-5-18(15)19;/h3-10,14-15H,11-13H2,1-2H3,(H3,21,22,23);1H. The van der Waals surface area contributed by atoms with Gasteiger partial charge in [-0.1, -0.05) is 18.2 Å². The van der Waals surface area contributed by atoms with Crippen molar-refractivity contribution >= 4 is 35.6 Å². The van der Waals surface area contributed by atoms with Crippen LogP contribution in [-0.2, 0) is 0 Å². The number of nitrogens with zero attached hydrogens (tertiary/aromatic N) is 1. The van der Waals surface area contributed by atoms with Crippen molar-refractivity contribution in [2.75, 3.05) is 18.5 Å². The highest BCUT2D eigenvalue weighted by Gasteiger charge is 2.20. The van der Waals surface area contributed by atoms with Crippen LogP contribution in [0.4, 0.5) is 5.69 Å². The molecule has 140 valence electrons. The number of fused-ring (bicyclic) bond motifs is 1. The maximum absolute atomic E-state index is 6.04. The lowest BCUT2D eigenvalue weighted by Crippen LogP contribution is -2.24. The van der Waals surface area contributed by atoms with Crippen molar-refractivity contribution in [1.29, 1.82) is 0 Å². The number of anilines is 1. The predicted octanol–water partition coefficient (Wildman–Crippen LogP) is 4.38. The van der Waals surface area contributed by atoms with Gasteiger partial charge < -0.3 is 20.5 Å². The Labute approximate surface area is 172 Å². The quantitative estimate of drug-likeness (QED) is 0.389. The first-order chi connectivity index (χ1) is 12.1. The maximum Gasteiger partial charge on any atom is 0.193 e. The van der Waals surface area contributed by atoms with Crippen LogP contribution in [0.25, 0.3) is 0 Å². The molecule has 3 N–H and O–H groups in total. The first-order valence-electron chi connectivity index (χ1n) is 8.67. The number of benzene rings is 2. The maximum atomic E-state index is 6.04.